The van der Waals surface area contributed by atoms with E-state index >= 15 is 0 Å². The molecule has 0 aliphatic heterocycles. The minimum absolute atomic E-state index is 0.0899. The lowest BCUT2D eigenvalue weighted by Crippen LogP contribution is -2.52. The lowest BCUT2D eigenvalue weighted by molar-refractivity contribution is -0.146. The number of para-hydroxylation sites is 1. The Kier molecular flexibility index (Phi) is 4.31. The zero-order valence-electron chi connectivity index (χ0n) is 16.1. The van der Waals surface area contributed by atoms with Crippen LogP contribution in [0.3, 0.4) is 0 Å². The molecule has 0 saturated heterocycles. The van der Waals surface area contributed by atoms with Crippen molar-refractivity contribution >= 4 is 23.7 Å². The van der Waals surface area contributed by atoms with Gasteiger partial charge in [0.05, 0.1) is 28.6 Å². The summed E-state index contributed by atoms with van der Waals surface area (Å²) in [5, 5.41) is 9.28. The summed E-state index contributed by atoms with van der Waals surface area (Å²) >= 11 is 6.53. The van der Waals surface area contributed by atoms with Crippen molar-refractivity contribution in [1.29, 1.82) is 0 Å². The molecule has 6 heteroatoms. The van der Waals surface area contributed by atoms with Gasteiger partial charge in [-0.25, -0.2) is 10.1 Å². The minimum atomic E-state index is -0.195. The summed E-state index contributed by atoms with van der Waals surface area (Å²) < 4.78 is 1.69. The van der Waals surface area contributed by atoms with E-state index in [1.165, 1.54) is 19.3 Å². The van der Waals surface area contributed by atoms with Crippen molar-refractivity contribution in [2.24, 2.45) is 28.3 Å². The number of nitrogens with one attached hydrogen (secondary N) is 1. The zero-order chi connectivity index (χ0) is 19.3. The second-order valence-electron chi connectivity index (χ2n) is 8.93. The van der Waals surface area contributed by atoms with Gasteiger partial charge in [0.2, 0.25) is 5.91 Å². The highest BCUT2D eigenvalue weighted by atomic mass is 35.5. The van der Waals surface area contributed by atoms with E-state index in [2.05, 4.69) is 15.6 Å². The van der Waals surface area contributed by atoms with Crippen LogP contribution in [0.2, 0.25) is 5.15 Å². The standard InChI is InChI=1S/C22H25ClN4O/c1-14-19(20(23)27(26-14)18-5-3-2-4-6-18)13-24-25-21(28)22-10-15-7-16(11-22)9-17(8-15)12-22/h2-6,13,15-17H,7-12H2,1H3,(H,25,28). The molecular formula is C22H25ClN4O. The van der Waals surface area contributed by atoms with Crippen molar-refractivity contribution < 1.29 is 4.79 Å². The van der Waals surface area contributed by atoms with Gasteiger partial charge in [-0.05, 0) is 75.3 Å². The van der Waals surface area contributed by atoms with Crippen LogP contribution in [-0.2, 0) is 4.79 Å². The first-order valence-electron chi connectivity index (χ1n) is 10.2. The molecular weight excluding hydrogens is 372 g/mol. The van der Waals surface area contributed by atoms with Crippen molar-refractivity contribution in [3.8, 4) is 5.69 Å². The van der Waals surface area contributed by atoms with Crippen molar-refractivity contribution in [2.75, 3.05) is 0 Å². The quantitative estimate of drug-likeness (QED) is 0.611. The molecule has 146 valence electrons. The molecule has 1 amide bonds. The smallest absolute Gasteiger partial charge is 0.246 e. The van der Waals surface area contributed by atoms with Gasteiger partial charge in [-0.3, -0.25) is 4.79 Å². The summed E-state index contributed by atoms with van der Waals surface area (Å²) in [4.78, 5) is 13.0. The van der Waals surface area contributed by atoms with Crippen molar-refractivity contribution in [2.45, 2.75) is 45.4 Å². The SMILES string of the molecule is Cc1nn(-c2ccccc2)c(Cl)c1C=NNC(=O)C12CC3CC(CC(C3)C1)C2. The van der Waals surface area contributed by atoms with Crippen LogP contribution in [0.5, 0.6) is 0 Å². The van der Waals surface area contributed by atoms with Gasteiger partial charge in [-0.1, -0.05) is 29.8 Å². The number of carbonyl (C=O) groups is 1. The van der Waals surface area contributed by atoms with Crippen LogP contribution >= 0.6 is 11.6 Å². The maximum atomic E-state index is 13.0. The molecule has 6 rings (SSSR count). The summed E-state index contributed by atoms with van der Waals surface area (Å²) in [6.07, 6.45) is 8.70. The van der Waals surface area contributed by atoms with E-state index in [-0.39, 0.29) is 11.3 Å². The third-order valence-electron chi connectivity index (χ3n) is 6.93. The predicted octanol–water partition coefficient (Wildman–Crippen LogP) is 4.50. The Hall–Kier alpha value is -2.14. The molecule has 4 fully saturated rings. The number of aryl methyl sites for hydroxylation is 1. The molecule has 5 nitrogen and oxygen atoms in total. The average molecular weight is 397 g/mol. The van der Waals surface area contributed by atoms with Gasteiger partial charge in [0.1, 0.15) is 5.15 Å². The van der Waals surface area contributed by atoms with Gasteiger partial charge in [0.15, 0.2) is 0 Å². The summed E-state index contributed by atoms with van der Waals surface area (Å²) in [5.41, 5.74) is 5.04. The summed E-state index contributed by atoms with van der Waals surface area (Å²) in [7, 11) is 0. The summed E-state index contributed by atoms with van der Waals surface area (Å²) in [5.74, 6) is 2.30. The van der Waals surface area contributed by atoms with E-state index in [9.17, 15) is 4.79 Å². The average Bonchev–Trinajstić information content (AvgIpc) is 2.96. The van der Waals surface area contributed by atoms with Crippen LogP contribution in [0.15, 0.2) is 35.4 Å². The number of amides is 1. The molecule has 0 radical (unpaired) electrons. The fourth-order valence-corrected chi connectivity index (χ4v) is 6.38. The molecule has 1 aromatic carbocycles. The first-order chi connectivity index (χ1) is 13.5. The minimum Gasteiger partial charge on any atom is -0.273 e. The van der Waals surface area contributed by atoms with Gasteiger partial charge >= 0.3 is 0 Å². The number of carbonyl (C=O) groups excluding carboxylic acids is 1. The Labute approximate surface area is 170 Å². The third kappa shape index (κ3) is 2.96. The van der Waals surface area contributed by atoms with E-state index in [4.69, 9.17) is 11.6 Å². The number of benzene rings is 1. The van der Waals surface area contributed by atoms with E-state index in [0.29, 0.717) is 5.15 Å². The molecule has 2 aromatic rings. The van der Waals surface area contributed by atoms with Gasteiger partial charge in [0.25, 0.3) is 0 Å². The highest BCUT2D eigenvalue weighted by molar-refractivity contribution is 6.32. The number of hydrogen-bond donors (Lipinski definition) is 1. The van der Waals surface area contributed by atoms with Gasteiger partial charge in [0, 0.05) is 0 Å². The maximum Gasteiger partial charge on any atom is 0.246 e. The number of halogens is 1. The normalized spacial score (nSPS) is 30.9. The van der Waals surface area contributed by atoms with E-state index in [1.54, 1.807) is 10.9 Å². The van der Waals surface area contributed by atoms with Crippen LogP contribution < -0.4 is 5.43 Å². The topological polar surface area (TPSA) is 59.3 Å². The van der Waals surface area contributed by atoms with Crippen molar-refractivity contribution in [1.82, 2.24) is 15.2 Å². The van der Waals surface area contributed by atoms with E-state index in [0.717, 1.165) is 54.0 Å². The lowest BCUT2D eigenvalue weighted by atomic mass is 9.49. The van der Waals surface area contributed by atoms with Crippen LogP contribution in [-0.4, -0.2) is 21.9 Å². The lowest BCUT2D eigenvalue weighted by Gasteiger charge is -2.55. The molecule has 0 spiro atoms. The number of hydrogen-bond acceptors (Lipinski definition) is 3. The van der Waals surface area contributed by atoms with Crippen LogP contribution in [0.4, 0.5) is 0 Å². The van der Waals surface area contributed by atoms with Crippen LogP contribution in [0, 0.1) is 30.1 Å². The third-order valence-corrected chi connectivity index (χ3v) is 7.29. The maximum absolute atomic E-state index is 13.0. The second-order valence-corrected chi connectivity index (χ2v) is 9.29. The Bertz CT molecular complexity index is 898. The fourth-order valence-electron chi connectivity index (χ4n) is 6.06. The Balaban J connectivity index is 1.32. The molecule has 1 heterocycles. The number of aromatic nitrogens is 2. The number of nitrogens with zero attached hydrogens (tertiary/aromatic N) is 3. The molecule has 4 aliphatic carbocycles. The molecule has 1 aromatic heterocycles. The molecule has 4 aliphatic rings. The summed E-state index contributed by atoms with van der Waals surface area (Å²) in [6.45, 7) is 1.90. The van der Waals surface area contributed by atoms with Crippen LogP contribution in [0.25, 0.3) is 5.69 Å². The highest BCUT2D eigenvalue weighted by Gasteiger charge is 2.54. The molecule has 0 atom stereocenters. The molecule has 1 N–H and O–H groups in total. The molecule has 4 bridgehead atoms. The Morgan fingerprint density at radius 1 is 1.18 bits per heavy atom. The summed E-state index contributed by atoms with van der Waals surface area (Å²) in [6, 6.07) is 9.75. The molecule has 4 saturated carbocycles. The number of rotatable bonds is 4. The fraction of sp³-hybridized carbons (Fsp3) is 0.500. The van der Waals surface area contributed by atoms with Gasteiger partial charge in [-0.15, -0.1) is 0 Å². The molecule has 28 heavy (non-hydrogen) atoms. The second kappa shape index (κ2) is 6.73. The van der Waals surface area contributed by atoms with E-state index < -0.39 is 0 Å². The van der Waals surface area contributed by atoms with Crippen LogP contribution in [0.1, 0.15) is 49.8 Å². The van der Waals surface area contributed by atoms with E-state index in [1.807, 2.05) is 37.3 Å². The zero-order valence-corrected chi connectivity index (χ0v) is 16.8. The van der Waals surface area contributed by atoms with Gasteiger partial charge < -0.3 is 0 Å². The highest BCUT2D eigenvalue weighted by Crippen LogP contribution is 2.60. The first kappa shape index (κ1) is 17.9. The first-order valence-corrected chi connectivity index (χ1v) is 10.6. The molecule has 0 unspecified atom stereocenters. The van der Waals surface area contributed by atoms with Crippen molar-refractivity contribution in [3.63, 3.8) is 0 Å². The van der Waals surface area contributed by atoms with Gasteiger partial charge in [-0.2, -0.15) is 10.2 Å². The Morgan fingerprint density at radius 2 is 1.79 bits per heavy atom. The number of hydrazone groups is 1. The predicted molar refractivity (Wildman–Crippen MR) is 110 cm³/mol. The van der Waals surface area contributed by atoms with Crippen molar-refractivity contribution in [3.05, 3.63) is 46.7 Å². The Morgan fingerprint density at radius 3 is 2.39 bits per heavy atom. The largest absolute Gasteiger partial charge is 0.273 e. The monoisotopic (exact) mass is 396 g/mol.